The number of nitrogens with two attached hydrogens (primary N) is 1. The summed E-state index contributed by atoms with van der Waals surface area (Å²) in [6.45, 7) is 4.16. The molecule has 0 radical (unpaired) electrons. The summed E-state index contributed by atoms with van der Waals surface area (Å²) in [7, 11) is -3.33. The van der Waals surface area contributed by atoms with E-state index in [2.05, 4.69) is 4.37 Å². The maximum atomic E-state index is 12.0. The van der Waals surface area contributed by atoms with E-state index in [9.17, 15) is 8.42 Å². The number of rotatable bonds is 3. The fourth-order valence-electron chi connectivity index (χ4n) is 1.69. The zero-order valence-electron chi connectivity index (χ0n) is 9.55. The van der Waals surface area contributed by atoms with Crippen molar-refractivity contribution in [2.24, 2.45) is 0 Å². The van der Waals surface area contributed by atoms with Gasteiger partial charge in [0.2, 0.25) is 0 Å². The van der Waals surface area contributed by atoms with Crippen molar-refractivity contribution in [2.75, 3.05) is 42.7 Å². The van der Waals surface area contributed by atoms with Gasteiger partial charge >= 0.3 is 0 Å². The highest BCUT2D eigenvalue weighted by molar-refractivity contribution is 7.91. The summed E-state index contributed by atoms with van der Waals surface area (Å²) >= 11 is 1.14. The fraction of sp³-hybridized carbons (Fsp3) is 0.667. The lowest BCUT2D eigenvalue weighted by atomic mass is 10.4. The van der Waals surface area contributed by atoms with Crippen LogP contribution in [0, 0.1) is 0 Å². The quantitative estimate of drug-likeness (QED) is 0.858. The first-order valence-corrected chi connectivity index (χ1v) is 7.79. The van der Waals surface area contributed by atoms with Crippen LogP contribution in [0.4, 0.5) is 10.8 Å². The number of morpholine rings is 1. The highest BCUT2D eigenvalue weighted by atomic mass is 32.2. The Kier molecular flexibility index (Phi) is 3.55. The minimum atomic E-state index is -3.33. The van der Waals surface area contributed by atoms with E-state index in [1.807, 2.05) is 4.90 Å². The third-order valence-corrected chi connectivity index (χ3v) is 5.48. The van der Waals surface area contributed by atoms with Gasteiger partial charge in [0.05, 0.1) is 19.0 Å². The monoisotopic (exact) mass is 277 g/mol. The highest BCUT2D eigenvalue weighted by Gasteiger charge is 2.27. The van der Waals surface area contributed by atoms with Crippen LogP contribution in [-0.4, -0.2) is 44.8 Å². The zero-order chi connectivity index (χ0) is 12.5. The lowest BCUT2D eigenvalue weighted by molar-refractivity contribution is 0.123. The van der Waals surface area contributed by atoms with E-state index in [1.165, 1.54) is 0 Å². The summed E-state index contributed by atoms with van der Waals surface area (Å²) in [6, 6.07) is 0. The highest BCUT2D eigenvalue weighted by Crippen LogP contribution is 2.35. The van der Waals surface area contributed by atoms with Crippen LogP contribution in [0.2, 0.25) is 0 Å². The van der Waals surface area contributed by atoms with Crippen molar-refractivity contribution >= 4 is 32.2 Å². The van der Waals surface area contributed by atoms with Crippen LogP contribution in [0.15, 0.2) is 4.90 Å². The maximum absolute atomic E-state index is 12.0. The molecule has 0 bridgehead atoms. The first kappa shape index (κ1) is 12.6. The molecule has 1 saturated heterocycles. The third-order valence-electron chi connectivity index (χ3n) is 2.65. The lowest BCUT2D eigenvalue weighted by Crippen LogP contribution is -2.36. The molecule has 8 heteroatoms. The van der Waals surface area contributed by atoms with Crippen molar-refractivity contribution < 1.29 is 13.2 Å². The summed E-state index contributed by atoms with van der Waals surface area (Å²) in [5, 5.41) is 0.646. The number of anilines is 2. The standard InChI is InChI=1S/C9H15N3O3S2/c1-2-17(13,14)7-8(10)11-16-9(7)12-3-5-15-6-4-12/h2-6H2,1H3,(H2,10,11). The second-order valence-electron chi connectivity index (χ2n) is 3.70. The third kappa shape index (κ3) is 2.38. The number of nitrogen functional groups attached to an aromatic ring is 1. The smallest absolute Gasteiger partial charge is 0.184 e. The second-order valence-corrected chi connectivity index (χ2v) is 6.67. The summed E-state index contributed by atoms with van der Waals surface area (Å²) in [4.78, 5) is 2.16. The molecule has 1 aromatic rings. The first-order valence-electron chi connectivity index (χ1n) is 5.37. The SMILES string of the molecule is CCS(=O)(=O)c1c(N)nsc1N1CCOCC1. The van der Waals surface area contributed by atoms with Gasteiger partial charge in [-0.1, -0.05) is 6.92 Å². The molecule has 0 aliphatic carbocycles. The van der Waals surface area contributed by atoms with Crippen molar-refractivity contribution in [1.82, 2.24) is 4.37 Å². The lowest BCUT2D eigenvalue weighted by Gasteiger charge is -2.27. The molecule has 1 aliphatic heterocycles. The molecule has 2 rings (SSSR count). The van der Waals surface area contributed by atoms with Gasteiger partial charge in [0.1, 0.15) is 9.90 Å². The molecular formula is C9H15N3O3S2. The van der Waals surface area contributed by atoms with E-state index < -0.39 is 9.84 Å². The summed E-state index contributed by atoms with van der Waals surface area (Å²) in [5.41, 5.74) is 5.67. The molecule has 17 heavy (non-hydrogen) atoms. The number of sulfone groups is 1. The summed E-state index contributed by atoms with van der Waals surface area (Å²) < 4.78 is 33.2. The number of aromatic nitrogens is 1. The van der Waals surface area contributed by atoms with Crippen LogP contribution in [-0.2, 0) is 14.6 Å². The molecule has 0 saturated carbocycles. The van der Waals surface area contributed by atoms with Gasteiger partial charge in [0.25, 0.3) is 0 Å². The van der Waals surface area contributed by atoms with E-state index in [1.54, 1.807) is 6.92 Å². The van der Waals surface area contributed by atoms with E-state index in [4.69, 9.17) is 10.5 Å². The van der Waals surface area contributed by atoms with E-state index in [-0.39, 0.29) is 16.5 Å². The molecule has 0 aromatic carbocycles. The second kappa shape index (κ2) is 4.79. The normalized spacial score (nSPS) is 17.4. The number of ether oxygens (including phenoxy) is 1. The Balaban J connectivity index is 2.41. The van der Waals surface area contributed by atoms with Gasteiger partial charge in [0.15, 0.2) is 15.7 Å². The fourth-order valence-corrected chi connectivity index (χ4v) is 4.05. The maximum Gasteiger partial charge on any atom is 0.184 e. The van der Waals surface area contributed by atoms with E-state index >= 15 is 0 Å². The Morgan fingerprint density at radius 1 is 1.47 bits per heavy atom. The average Bonchev–Trinajstić information content (AvgIpc) is 2.73. The number of hydrogen-bond acceptors (Lipinski definition) is 7. The predicted molar refractivity (Wildman–Crippen MR) is 67.3 cm³/mol. The Morgan fingerprint density at radius 2 is 2.12 bits per heavy atom. The van der Waals surface area contributed by atoms with Crippen LogP contribution < -0.4 is 10.6 Å². The minimum Gasteiger partial charge on any atom is -0.382 e. The van der Waals surface area contributed by atoms with Crippen LogP contribution in [0.25, 0.3) is 0 Å². The van der Waals surface area contributed by atoms with Gasteiger partial charge in [-0.3, -0.25) is 0 Å². The van der Waals surface area contributed by atoms with Crippen LogP contribution in [0.3, 0.4) is 0 Å². The Morgan fingerprint density at radius 3 is 2.71 bits per heavy atom. The molecule has 1 fully saturated rings. The van der Waals surface area contributed by atoms with Gasteiger partial charge < -0.3 is 15.4 Å². The van der Waals surface area contributed by atoms with Gasteiger partial charge in [0, 0.05) is 13.1 Å². The minimum absolute atomic E-state index is 0.0347. The summed E-state index contributed by atoms with van der Waals surface area (Å²) in [6.07, 6.45) is 0. The van der Waals surface area contributed by atoms with Gasteiger partial charge in [-0.15, -0.1) is 0 Å². The molecule has 96 valence electrons. The molecule has 6 nitrogen and oxygen atoms in total. The number of nitrogens with zero attached hydrogens (tertiary/aromatic N) is 2. The van der Waals surface area contributed by atoms with Gasteiger partial charge in [-0.2, -0.15) is 4.37 Å². The van der Waals surface area contributed by atoms with Gasteiger partial charge in [-0.25, -0.2) is 8.42 Å². The predicted octanol–water partition coefficient (Wildman–Crippen LogP) is 0.355. The van der Waals surface area contributed by atoms with Crippen LogP contribution in [0.1, 0.15) is 6.92 Å². The van der Waals surface area contributed by atoms with Crippen molar-refractivity contribution in [3.63, 3.8) is 0 Å². The van der Waals surface area contributed by atoms with Crippen LogP contribution >= 0.6 is 11.5 Å². The zero-order valence-corrected chi connectivity index (χ0v) is 11.2. The topological polar surface area (TPSA) is 85.5 Å². The van der Waals surface area contributed by atoms with Crippen molar-refractivity contribution in [1.29, 1.82) is 0 Å². The molecule has 0 spiro atoms. The largest absolute Gasteiger partial charge is 0.382 e. The van der Waals surface area contributed by atoms with Crippen LogP contribution in [0.5, 0.6) is 0 Å². The van der Waals surface area contributed by atoms with Crippen molar-refractivity contribution in [3.8, 4) is 0 Å². The molecular weight excluding hydrogens is 262 g/mol. The average molecular weight is 277 g/mol. The molecule has 1 aliphatic rings. The Labute approximate surface area is 104 Å². The molecule has 0 unspecified atom stereocenters. The molecule has 2 heterocycles. The first-order chi connectivity index (χ1) is 8.06. The molecule has 2 N–H and O–H groups in total. The molecule has 0 atom stereocenters. The Bertz CT molecular complexity index is 492. The molecule has 1 aromatic heterocycles. The van der Waals surface area contributed by atoms with E-state index in [0.717, 1.165) is 11.5 Å². The van der Waals surface area contributed by atoms with Crippen molar-refractivity contribution in [3.05, 3.63) is 0 Å². The van der Waals surface area contributed by atoms with Crippen molar-refractivity contribution in [2.45, 2.75) is 11.8 Å². The molecule has 0 amide bonds. The van der Waals surface area contributed by atoms with Gasteiger partial charge in [-0.05, 0) is 11.5 Å². The van der Waals surface area contributed by atoms with E-state index in [0.29, 0.717) is 31.3 Å². The summed E-state index contributed by atoms with van der Waals surface area (Å²) in [5.74, 6) is 0.144. The number of hydrogen-bond donors (Lipinski definition) is 1. The Hall–Kier alpha value is -0.860.